The SMILES string of the molecule is Cc1cscc1C(=O)C(C#N)c1ccc(C(F)(F)F)cn1. The molecule has 21 heavy (non-hydrogen) atoms. The Kier molecular flexibility index (Phi) is 4.09. The Balaban J connectivity index is 2.33. The van der Waals surface area contributed by atoms with Gasteiger partial charge in [0.25, 0.3) is 0 Å². The van der Waals surface area contributed by atoms with E-state index < -0.39 is 23.4 Å². The van der Waals surface area contributed by atoms with E-state index >= 15 is 0 Å². The minimum atomic E-state index is -4.50. The number of nitrogens with zero attached hydrogens (tertiary/aromatic N) is 2. The van der Waals surface area contributed by atoms with Crippen molar-refractivity contribution in [3.05, 3.63) is 51.5 Å². The summed E-state index contributed by atoms with van der Waals surface area (Å²) in [4.78, 5) is 15.9. The quantitative estimate of drug-likeness (QED) is 0.806. The predicted octanol–water partition coefficient (Wildman–Crippen LogP) is 3.96. The van der Waals surface area contributed by atoms with Crippen LogP contribution in [0.1, 0.15) is 33.1 Å². The van der Waals surface area contributed by atoms with Crippen molar-refractivity contribution >= 4 is 17.1 Å². The summed E-state index contributed by atoms with van der Waals surface area (Å²) in [5.74, 6) is -1.66. The first-order valence-electron chi connectivity index (χ1n) is 5.84. The van der Waals surface area contributed by atoms with E-state index in [0.29, 0.717) is 11.8 Å². The molecule has 1 unspecified atom stereocenters. The van der Waals surface area contributed by atoms with E-state index in [9.17, 15) is 18.0 Å². The number of halogens is 3. The Morgan fingerprint density at radius 1 is 1.38 bits per heavy atom. The summed E-state index contributed by atoms with van der Waals surface area (Å²) in [6, 6.07) is 3.69. The second-order valence-corrected chi connectivity index (χ2v) is 5.11. The van der Waals surface area contributed by atoms with Crippen LogP contribution in [0.3, 0.4) is 0 Å². The molecule has 0 radical (unpaired) electrons. The zero-order valence-corrected chi connectivity index (χ0v) is 11.6. The van der Waals surface area contributed by atoms with Gasteiger partial charge in [0.05, 0.1) is 17.3 Å². The molecule has 0 aromatic carbocycles. The highest BCUT2D eigenvalue weighted by Gasteiger charge is 2.32. The molecule has 0 aliphatic rings. The van der Waals surface area contributed by atoms with E-state index in [2.05, 4.69) is 4.98 Å². The van der Waals surface area contributed by atoms with Crippen LogP contribution in [0.5, 0.6) is 0 Å². The molecule has 7 heteroatoms. The van der Waals surface area contributed by atoms with Gasteiger partial charge < -0.3 is 0 Å². The van der Waals surface area contributed by atoms with Gasteiger partial charge in [-0.3, -0.25) is 9.78 Å². The Morgan fingerprint density at radius 2 is 2.10 bits per heavy atom. The lowest BCUT2D eigenvalue weighted by Crippen LogP contribution is -2.14. The van der Waals surface area contributed by atoms with E-state index in [1.54, 1.807) is 23.8 Å². The van der Waals surface area contributed by atoms with E-state index in [0.717, 1.165) is 17.7 Å². The van der Waals surface area contributed by atoms with Crippen LogP contribution >= 0.6 is 11.3 Å². The monoisotopic (exact) mass is 310 g/mol. The minimum absolute atomic E-state index is 0.0149. The third-order valence-corrected chi connectivity index (χ3v) is 3.78. The maximum Gasteiger partial charge on any atom is 0.417 e. The molecule has 0 aliphatic carbocycles. The van der Waals surface area contributed by atoms with Gasteiger partial charge in [-0.05, 0) is 30.0 Å². The van der Waals surface area contributed by atoms with Gasteiger partial charge >= 0.3 is 6.18 Å². The number of ketones is 1. The van der Waals surface area contributed by atoms with Crippen LogP contribution in [0.25, 0.3) is 0 Å². The molecule has 0 bridgehead atoms. The van der Waals surface area contributed by atoms with Crippen molar-refractivity contribution < 1.29 is 18.0 Å². The first kappa shape index (κ1) is 15.2. The zero-order chi connectivity index (χ0) is 15.6. The van der Waals surface area contributed by atoms with Gasteiger partial charge in [-0.2, -0.15) is 29.8 Å². The van der Waals surface area contributed by atoms with Crippen molar-refractivity contribution in [2.24, 2.45) is 0 Å². The lowest BCUT2D eigenvalue weighted by molar-refractivity contribution is -0.137. The van der Waals surface area contributed by atoms with Crippen LogP contribution in [0, 0.1) is 18.3 Å². The molecule has 108 valence electrons. The van der Waals surface area contributed by atoms with E-state index in [1.165, 1.54) is 11.3 Å². The maximum absolute atomic E-state index is 12.5. The average Bonchev–Trinajstić information content (AvgIpc) is 2.85. The van der Waals surface area contributed by atoms with Crippen LogP contribution < -0.4 is 0 Å². The van der Waals surface area contributed by atoms with E-state index in [4.69, 9.17) is 5.26 Å². The fourth-order valence-electron chi connectivity index (χ4n) is 1.77. The summed E-state index contributed by atoms with van der Waals surface area (Å²) in [5, 5.41) is 12.5. The molecule has 1 atom stereocenters. The summed E-state index contributed by atoms with van der Waals surface area (Å²) in [6.07, 6.45) is -3.87. The summed E-state index contributed by atoms with van der Waals surface area (Å²) < 4.78 is 37.4. The number of pyridine rings is 1. The number of nitriles is 1. The molecule has 3 nitrogen and oxygen atoms in total. The highest BCUT2D eigenvalue weighted by atomic mass is 32.1. The van der Waals surface area contributed by atoms with Gasteiger partial charge in [-0.1, -0.05) is 0 Å². The van der Waals surface area contributed by atoms with Crippen LogP contribution in [-0.4, -0.2) is 10.8 Å². The van der Waals surface area contributed by atoms with Crippen molar-refractivity contribution in [1.82, 2.24) is 4.98 Å². The number of carbonyl (C=O) groups excluding carboxylic acids is 1. The third kappa shape index (κ3) is 3.11. The minimum Gasteiger partial charge on any atom is -0.292 e. The molecule has 2 heterocycles. The Morgan fingerprint density at radius 3 is 2.52 bits per heavy atom. The molecule has 0 amide bonds. The van der Waals surface area contributed by atoms with Crippen LogP contribution in [0.4, 0.5) is 13.2 Å². The highest BCUT2D eigenvalue weighted by molar-refractivity contribution is 7.08. The second kappa shape index (κ2) is 5.66. The number of aryl methyl sites for hydroxylation is 1. The number of Topliss-reactive ketones (excluding diaryl/α,β-unsaturated/α-hetero) is 1. The largest absolute Gasteiger partial charge is 0.417 e. The third-order valence-electron chi connectivity index (χ3n) is 2.92. The summed E-state index contributed by atoms with van der Waals surface area (Å²) >= 11 is 1.32. The normalized spacial score (nSPS) is 12.7. The fraction of sp³-hybridized carbons (Fsp3) is 0.214. The van der Waals surface area contributed by atoms with E-state index in [-0.39, 0.29) is 5.69 Å². The topological polar surface area (TPSA) is 53.8 Å². The summed E-state index contributed by atoms with van der Waals surface area (Å²) in [6.45, 7) is 1.73. The molecule has 0 saturated carbocycles. The van der Waals surface area contributed by atoms with Gasteiger partial charge in [0, 0.05) is 17.1 Å². The number of hydrogen-bond acceptors (Lipinski definition) is 4. The smallest absolute Gasteiger partial charge is 0.292 e. The van der Waals surface area contributed by atoms with Crippen LogP contribution in [0.15, 0.2) is 29.1 Å². The number of aromatic nitrogens is 1. The van der Waals surface area contributed by atoms with Crippen LogP contribution in [-0.2, 0) is 6.18 Å². The standard InChI is InChI=1S/C14H9F3N2OS/c1-8-6-21-7-11(8)13(20)10(4-18)12-3-2-9(5-19-12)14(15,16)17/h2-3,5-7,10H,1H3. The number of thiophene rings is 1. The molecule has 0 fully saturated rings. The molecule has 0 N–H and O–H groups in total. The molecule has 2 aromatic rings. The first-order chi connectivity index (χ1) is 9.84. The second-order valence-electron chi connectivity index (χ2n) is 4.36. The first-order valence-corrected chi connectivity index (χ1v) is 6.78. The van der Waals surface area contributed by atoms with Gasteiger partial charge in [-0.15, -0.1) is 0 Å². The molecule has 2 rings (SSSR count). The van der Waals surface area contributed by atoms with Crippen molar-refractivity contribution in [1.29, 1.82) is 5.26 Å². The Bertz CT molecular complexity index is 698. The molecular weight excluding hydrogens is 301 g/mol. The Labute approximate surface area is 122 Å². The summed E-state index contributed by atoms with van der Waals surface area (Å²) in [5.41, 5.74) is 0.230. The van der Waals surface area contributed by atoms with Crippen LogP contribution in [0.2, 0.25) is 0 Å². The maximum atomic E-state index is 12.5. The zero-order valence-electron chi connectivity index (χ0n) is 10.8. The molecule has 0 saturated heterocycles. The number of carbonyl (C=O) groups is 1. The van der Waals surface area contributed by atoms with Gasteiger partial charge in [0.1, 0.15) is 0 Å². The van der Waals surface area contributed by atoms with Gasteiger partial charge in [0.15, 0.2) is 11.7 Å². The average molecular weight is 310 g/mol. The number of rotatable bonds is 3. The highest BCUT2D eigenvalue weighted by Crippen LogP contribution is 2.30. The van der Waals surface area contributed by atoms with E-state index in [1.807, 2.05) is 0 Å². The van der Waals surface area contributed by atoms with Gasteiger partial charge in [-0.25, -0.2) is 0 Å². The fourth-order valence-corrected chi connectivity index (χ4v) is 2.61. The van der Waals surface area contributed by atoms with Crippen molar-refractivity contribution in [2.45, 2.75) is 19.0 Å². The number of alkyl halides is 3. The number of hydrogen-bond donors (Lipinski definition) is 0. The predicted molar refractivity (Wildman–Crippen MR) is 71.0 cm³/mol. The van der Waals surface area contributed by atoms with Crippen molar-refractivity contribution in [3.8, 4) is 6.07 Å². The lowest BCUT2D eigenvalue weighted by atomic mass is 9.95. The van der Waals surface area contributed by atoms with Gasteiger partial charge in [0.2, 0.25) is 0 Å². The van der Waals surface area contributed by atoms with Crippen molar-refractivity contribution in [2.75, 3.05) is 0 Å². The van der Waals surface area contributed by atoms with Crippen molar-refractivity contribution in [3.63, 3.8) is 0 Å². The molecule has 2 aromatic heterocycles. The summed E-state index contributed by atoms with van der Waals surface area (Å²) in [7, 11) is 0. The molecular formula is C14H9F3N2OS. The molecule has 0 aliphatic heterocycles. The molecule has 0 spiro atoms. The lowest BCUT2D eigenvalue weighted by Gasteiger charge is -2.10. The Hall–Kier alpha value is -2.20.